The Morgan fingerprint density at radius 1 is 1.03 bits per heavy atom. The molecule has 0 N–H and O–H groups in total. The largest absolute Gasteiger partial charge is 0.497 e. The number of benzene rings is 3. The fraction of sp³-hybridized carbons (Fsp3) is 0.241. The van der Waals surface area contributed by atoms with E-state index in [0.717, 1.165) is 59.5 Å². The minimum atomic E-state index is 0.130. The van der Waals surface area contributed by atoms with E-state index in [9.17, 15) is 4.79 Å². The molecule has 0 aliphatic carbocycles. The third-order valence-electron chi connectivity index (χ3n) is 6.79. The van der Waals surface area contributed by atoms with Gasteiger partial charge in [-0.2, -0.15) is 0 Å². The van der Waals surface area contributed by atoms with Crippen molar-refractivity contribution in [2.24, 2.45) is 5.92 Å². The Labute approximate surface area is 194 Å². The maximum Gasteiger partial charge on any atom is 0.254 e. The van der Waals surface area contributed by atoms with Crippen molar-refractivity contribution in [3.8, 4) is 16.9 Å². The van der Waals surface area contributed by atoms with Crippen molar-refractivity contribution >= 4 is 16.8 Å². The number of aromatic nitrogens is 1. The first-order valence-corrected chi connectivity index (χ1v) is 11.5. The van der Waals surface area contributed by atoms with Gasteiger partial charge in [-0.05, 0) is 78.3 Å². The molecule has 1 amide bonds. The highest BCUT2D eigenvalue weighted by atomic mass is 16.5. The smallest absolute Gasteiger partial charge is 0.254 e. The summed E-state index contributed by atoms with van der Waals surface area (Å²) < 4.78 is 5.28. The van der Waals surface area contributed by atoms with Crippen molar-refractivity contribution < 1.29 is 9.53 Å². The Kier molecular flexibility index (Phi) is 5.82. The molecule has 4 aromatic rings. The second-order valence-electron chi connectivity index (χ2n) is 8.80. The van der Waals surface area contributed by atoms with Gasteiger partial charge >= 0.3 is 0 Å². The van der Waals surface area contributed by atoms with E-state index in [2.05, 4.69) is 35.3 Å². The third kappa shape index (κ3) is 4.21. The van der Waals surface area contributed by atoms with E-state index < -0.39 is 0 Å². The second-order valence-corrected chi connectivity index (χ2v) is 8.80. The number of ether oxygens (including phenoxy) is 1. The molecule has 1 aromatic heterocycles. The average molecular weight is 437 g/mol. The van der Waals surface area contributed by atoms with Crippen LogP contribution in [0.4, 0.5) is 0 Å². The molecule has 166 valence electrons. The van der Waals surface area contributed by atoms with Crippen molar-refractivity contribution in [3.05, 3.63) is 95.7 Å². The summed E-state index contributed by atoms with van der Waals surface area (Å²) in [6.45, 7) is 3.64. The van der Waals surface area contributed by atoms with Gasteiger partial charge < -0.3 is 9.64 Å². The predicted molar refractivity (Wildman–Crippen MR) is 133 cm³/mol. The van der Waals surface area contributed by atoms with E-state index in [0.29, 0.717) is 5.92 Å². The van der Waals surface area contributed by atoms with Crippen LogP contribution in [0.25, 0.3) is 22.0 Å². The first-order chi connectivity index (χ1) is 16.1. The second kappa shape index (κ2) is 9.07. The van der Waals surface area contributed by atoms with Crippen LogP contribution in [-0.4, -0.2) is 36.0 Å². The highest BCUT2D eigenvalue weighted by molar-refractivity contribution is 5.97. The zero-order valence-corrected chi connectivity index (χ0v) is 19.1. The number of hydrogen-bond donors (Lipinski definition) is 0. The van der Waals surface area contributed by atoms with Gasteiger partial charge in [-0.1, -0.05) is 42.5 Å². The van der Waals surface area contributed by atoms with Crippen LogP contribution in [0.3, 0.4) is 0 Å². The highest BCUT2D eigenvalue weighted by Gasteiger charge is 2.28. The first kappa shape index (κ1) is 21.2. The van der Waals surface area contributed by atoms with Gasteiger partial charge in [0.05, 0.1) is 12.6 Å². The van der Waals surface area contributed by atoms with Crippen molar-refractivity contribution in [1.29, 1.82) is 0 Å². The van der Waals surface area contributed by atoms with Crippen molar-refractivity contribution in [1.82, 2.24) is 9.88 Å². The number of fused-ring (bicyclic) bond motifs is 1. The van der Waals surface area contributed by atoms with E-state index in [4.69, 9.17) is 4.74 Å². The van der Waals surface area contributed by atoms with Crippen LogP contribution in [0.2, 0.25) is 0 Å². The molecule has 1 fully saturated rings. The number of amides is 1. The fourth-order valence-electron chi connectivity index (χ4n) is 4.95. The van der Waals surface area contributed by atoms with Gasteiger partial charge in [0, 0.05) is 30.2 Å². The number of methoxy groups -OCH3 is 1. The summed E-state index contributed by atoms with van der Waals surface area (Å²) in [7, 11) is 1.67. The summed E-state index contributed by atoms with van der Waals surface area (Å²) >= 11 is 0. The molecule has 4 heteroatoms. The molecule has 3 aromatic carbocycles. The molecular formula is C29H28N2O2. The molecule has 1 saturated heterocycles. The number of pyridine rings is 1. The number of para-hydroxylation sites is 1. The van der Waals surface area contributed by atoms with Gasteiger partial charge in [-0.3, -0.25) is 9.78 Å². The van der Waals surface area contributed by atoms with Crippen LogP contribution in [0.15, 0.2) is 79.0 Å². The Morgan fingerprint density at radius 3 is 2.67 bits per heavy atom. The predicted octanol–water partition coefficient (Wildman–Crippen LogP) is 5.92. The van der Waals surface area contributed by atoms with E-state index in [1.165, 1.54) is 10.9 Å². The maximum absolute atomic E-state index is 13.5. The lowest BCUT2D eigenvalue weighted by molar-refractivity contribution is 0.0786. The standard InChI is InChI=1S/C29H28N2O2/c1-20-25(22-10-12-24(33-2)13-11-22)7-5-8-26(20)29(32)31-17-15-21(19-31)18-23-14-16-30-28-9-4-3-6-27(23)28/h3-14,16,21H,15,17-19H2,1-2H3. The molecule has 0 bridgehead atoms. The molecule has 0 spiro atoms. The molecule has 4 nitrogen and oxygen atoms in total. The summed E-state index contributed by atoms with van der Waals surface area (Å²) in [6, 6.07) is 24.4. The van der Waals surface area contributed by atoms with E-state index in [-0.39, 0.29) is 5.91 Å². The van der Waals surface area contributed by atoms with E-state index in [1.54, 1.807) is 7.11 Å². The lowest BCUT2D eigenvalue weighted by atomic mass is 9.95. The topological polar surface area (TPSA) is 42.4 Å². The Hall–Kier alpha value is -3.66. The summed E-state index contributed by atoms with van der Waals surface area (Å²) in [4.78, 5) is 20.0. The number of rotatable bonds is 5. The molecule has 0 saturated carbocycles. The van der Waals surface area contributed by atoms with Crippen LogP contribution in [-0.2, 0) is 6.42 Å². The van der Waals surface area contributed by atoms with Crippen LogP contribution < -0.4 is 4.74 Å². The number of carbonyl (C=O) groups is 1. The summed E-state index contributed by atoms with van der Waals surface area (Å²) in [5, 5.41) is 1.22. The molecule has 2 heterocycles. The molecule has 1 atom stereocenters. The van der Waals surface area contributed by atoms with Gasteiger partial charge in [0.1, 0.15) is 5.75 Å². The van der Waals surface area contributed by atoms with Gasteiger partial charge in [0.25, 0.3) is 5.91 Å². The molecule has 0 radical (unpaired) electrons. The monoisotopic (exact) mass is 436 g/mol. The van der Waals surface area contributed by atoms with Gasteiger partial charge in [-0.25, -0.2) is 0 Å². The van der Waals surface area contributed by atoms with Crippen LogP contribution in [0.5, 0.6) is 5.75 Å². The number of hydrogen-bond acceptors (Lipinski definition) is 3. The van der Waals surface area contributed by atoms with Gasteiger partial charge in [-0.15, -0.1) is 0 Å². The zero-order chi connectivity index (χ0) is 22.8. The van der Waals surface area contributed by atoms with Crippen molar-refractivity contribution in [2.45, 2.75) is 19.8 Å². The van der Waals surface area contributed by atoms with Gasteiger partial charge in [0.2, 0.25) is 0 Å². The maximum atomic E-state index is 13.5. The number of carbonyl (C=O) groups excluding carboxylic acids is 1. The quantitative estimate of drug-likeness (QED) is 0.390. The van der Waals surface area contributed by atoms with Crippen LogP contribution >= 0.6 is 0 Å². The van der Waals surface area contributed by atoms with Crippen molar-refractivity contribution in [3.63, 3.8) is 0 Å². The third-order valence-corrected chi connectivity index (χ3v) is 6.79. The fourth-order valence-corrected chi connectivity index (χ4v) is 4.95. The average Bonchev–Trinajstić information content (AvgIpc) is 3.33. The van der Waals surface area contributed by atoms with Crippen LogP contribution in [0, 0.1) is 12.8 Å². The Balaban J connectivity index is 1.33. The summed E-state index contributed by atoms with van der Waals surface area (Å²) in [5.74, 6) is 1.42. The molecule has 33 heavy (non-hydrogen) atoms. The van der Waals surface area contributed by atoms with Gasteiger partial charge in [0.15, 0.2) is 0 Å². The SMILES string of the molecule is COc1ccc(-c2cccc(C(=O)N3CCC(Cc4ccnc5ccccc45)C3)c2C)cc1. The molecule has 1 unspecified atom stereocenters. The summed E-state index contributed by atoms with van der Waals surface area (Å²) in [5.41, 5.74) is 6.34. The Morgan fingerprint density at radius 2 is 1.85 bits per heavy atom. The van der Waals surface area contributed by atoms with E-state index in [1.807, 2.05) is 60.5 Å². The normalized spacial score (nSPS) is 15.7. The number of nitrogens with zero attached hydrogens (tertiary/aromatic N) is 2. The minimum Gasteiger partial charge on any atom is -0.497 e. The van der Waals surface area contributed by atoms with E-state index >= 15 is 0 Å². The Bertz CT molecular complexity index is 1290. The lowest BCUT2D eigenvalue weighted by Gasteiger charge is -2.19. The molecular weight excluding hydrogens is 408 g/mol. The highest BCUT2D eigenvalue weighted by Crippen LogP contribution is 2.30. The van der Waals surface area contributed by atoms with Crippen molar-refractivity contribution in [2.75, 3.05) is 20.2 Å². The molecule has 1 aliphatic rings. The van der Waals surface area contributed by atoms with Crippen LogP contribution in [0.1, 0.15) is 27.9 Å². The first-order valence-electron chi connectivity index (χ1n) is 11.5. The molecule has 5 rings (SSSR count). The summed E-state index contributed by atoms with van der Waals surface area (Å²) in [6.07, 6.45) is 3.89. The lowest BCUT2D eigenvalue weighted by Crippen LogP contribution is -2.29. The zero-order valence-electron chi connectivity index (χ0n) is 19.1. The molecule has 1 aliphatic heterocycles. The minimum absolute atomic E-state index is 0.130. The number of likely N-dealkylation sites (tertiary alicyclic amines) is 1.